The van der Waals surface area contributed by atoms with E-state index in [-0.39, 0.29) is 13.2 Å². The number of esters is 1. The minimum atomic E-state index is -4.39. The van der Waals surface area contributed by atoms with Gasteiger partial charge in [-0.3, -0.25) is 0 Å². The lowest BCUT2D eigenvalue weighted by Crippen LogP contribution is -2.39. The third-order valence-electron chi connectivity index (χ3n) is 5.69. The fourth-order valence-electron chi connectivity index (χ4n) is 3.59. The zero-order valence-electron chi connectivity index (χ0n) is 20.3. The van der Waals surface area contributed by atoms with Crippen molar-refractivity contribution in [3.8, 4) is 22.9 Å². The summed E-state index contributed by atoms with van der Waals surface area (Å²) in [7, 11) is 0. The summed E-state index contributed by atoms with van der Waals surface area (Å²) in [5.41, 5.74) is 0.384. The first-order valence-corrected chi connectivity index (χ1v) is 11.7. The second-order valence-electron chi connectivity index (χ2n) is 9.05. The Labute approximate surface area is 207 Å². The van der Waals surface area contributed by atoms with Crippen LogP contribution in [0.5, 0.6) is 11.5 Å². The van der Waals surface area contributed by atoms with Crippen molar-refractivity contribution in [3.05, 3.63) is 71.5 Å². The Morgan fingerprint density at radius 2 is 1.64 bits per heavy atom. The van der Waals surface area contributed by atoms with E-state index >= 15 is 0 Å². The fourth-order valence-corrected chi connectivity index (χ4v) is 3.59. The van der Waals surface area contributed by atoms with Gasteiger partial charge in [-0.05, 0) is 70.0 Å². The topological polar surface area (TPSA) is 70.5 Å². The van der Waals surface area contributed by atoms with Crippen LogP contribution in [0.1, 0.15) is 56.4 Å². The van der Waals surface area contributed by atoms with E-state index in [1.807, 2.05) is 0 Å². The molecule has 0 amide bonds. The Kier molecular flexibility index (Phi) is 7.19. The van der Waals surface area contributed by atoms with Crippen molar-refractivity contribution in [2.45, 2.75) is 57.9 Å². The van der Waals surface area contributed by atoms with Crippen LogP contribution in [0.3, 0.4) is 0 Å². The van der Waals surface area contributed by atoms with Crippen molar-refractivity contribution in [2.24, 2.45) is 0 Å². The summed E-state index contributed by atoms with van der Waals surface area (Å²) in [6.07, 6.45) is -0.717. The molecule has 0 atom stereocenters. The van der Waals surface area contributed by atoms with E-state index in [0.717, 1.165) is 36.2 Å². The highest BCUT2D eigenvalue weighted by Crippen LogP contribution is 2.41. The molecule has 190 valence electrons. The summed E-state index contributed by atoms with van der Waals surface area (Å²) in [6, 6.07) is 11.7. The first-order valence-electron chi connectivity index (χ1n) is 11.7. The summed E-state index contributed by atoms with van der Waals surface area (Å²) in [5, 5.41) is 0. The minimum Gasteiger partial charge on any atom is -0.489 e. The zero-order valence-corrected chi connectivity index (χ0v) is 20.3. The highest BCUT2D eigenvalue weighted by molar-refractivity contribution is 5.79. The van der Waals surface area contributed by atoms with E-state index in [1.165, 1.54) is 12.1 Å². The molecule has 2 aromatic carbocycles. The number of hydrogen-bond donors (Lipinski definition) is 0. The molecule has 0 spiro atoms. The summed E-state index contributed by atoms with van der Waals surface area (Å²) < 4.78 is 55.3. The van der Waals surface area contributed by atoms with Gasteiger partial charge >= 0.3 is 12.1 Å². The number of hydrogen-bond acceptors (Lipinski definition) is 6. The molecule has 0 radical (unpaired) electrons. The van der Waals surface area contributed by atoms with Gasteiger partial charge in [0, 0.05) is 23.2 Å². The van der Waals surface area contributed by atoms with Gasteiger partial charge in [0.1, 0.15) is 18.1 Å². The highest BCUT2D eigenvalue weighted by Gasteiger charge is 2.32. The molecule has 1 saturated carbocycles. The molecule has 4 rings (SSSR count). The van der Waals surface area contributed by atoms with Gasteiger partial charge in [-0.2, -0.15) is 13.2 Å². The maximum absolute atomic E-state index is 12.9. The third kappa shape index (κ3) is 6.13. The van der Waals surface area contributed by atoms with Crippen LogP contribution in [0.15, 0.2) is 54.7 Å². The molecule has 1 heterocycles. The van der Waals surface area contributed by atoms with Crippen LogP contribution in [0.2, 0.25) is 0 Å². The Hall–Kier alpha value is -3.62. The van der Waals surface area contributed by atoms with E-state index in [2.05, 4.69) is 9.97 Å². The van der Waals surface area contributed by atoms with Gasteiger partial charge in [-0.1, -0.05) is 12.1 Å². The molecule has 9 heteroatoms. The van der Waals surface area contributed by atoms with E-state index in [0.29, 0.717) is 28.8 Å². The molecule has 0 unspecified atom stereocenters. The molecule has 0 bridgehead atoms. The molecule has 1 fully saturated rings. The van der Waals surface area contributed by atoms with Gasteiger partial charge in [0.2, 0.25) is 0 Å². The molecule has 0 N–H and O–H groups in total. The second kappa shape index (κ2) is 10.2. The van der Waals surface area contributed by atoms with Crippen LogP contribution < -0.4 is 9.47 Å². The molecule has 36 heavy (non-hydrogen) atoms. The molecule has 6 nitrogen and oxygen atoms in total. The van der Waals surface area contributed by atoms with Gasteiger partial charge in [0.05, 0.1) is 17.9 Å². The Morgan fingerprint density at radius 1 is 1.00 bits per heavy atom. The van der Waals surface area contributed by atoms with E-state index in [4.69, 9.17) is 14.2 Å². The van der Waals surface area contributed by atoms with Crippen LogP contribution in [0, 0.1) is 0 Å². The fraction of sp³-hybridized carbons (Fsp3) is 0.370. The average Bonchev–Trinajstić information content (AvgIpc) is 3.69. The second-order valence-corrected chi connectivity index (χ2v) is 9.05. The Morgan fingerprint density at radius 3 is 2.22 bits per heavy atom. The van der Waals surface area contributed by atoms with E-state index in [9.17, 15) is 18.0 Å². The lowest BCUT2D eigenvalue weighted by atomic mass is 10.1. The SMILES string of the molecule is CCOC(=O)C(C)(C)Oc1ccc(OCc2cnc(-c3ccc(C(F)(F)F)cc3)nc2C2CC2)cc1. The summed E-state index contributed by atoms with van der Waals surface area (Å²) in [4.78, 5) is 21.1. The number of halogens is 3. The number of rotatable bonds is 9. The van der Waals surface area contributed by atoms with E-state index in [1.54, 1.807) is 51.2 Å². The van der Waals surface area contributed by atoms with Crippen molar-refractivity contribution in [2.75, 3.05) is 6.61 Å². The maximum atomic E-state index is 12.9. The first-order chi connectivity index (χ1) is 17.1. The minimum absolute atomic E-state index is 0.244. The first kappa shape index (κ1) is 25.5. The Balaban J connectivity index is 1.43. The average molecular weight is 501 g/mol. The van der Waals surface area contributed by atoms with Crippen molar-refractivity contribution < 1.29 is 32.2 Å². The largest absolute Gasteiger partial charge is 0.489 e. The summed E-state index contributed by atoms with van der Waals surface area (Å²) in [5.74, 6) is 1.34. The molecule has 3 aromatic rings. The smallest absolute Gasteiger partial charge is 0.416 e. The van der Waals surface area contributed by atoms with Gasteiger partial charge in [0.25, 0.3) is 0 Å². The maximum Gasteiger partial charge on any atom is 0.416 e. The highest BCUT2D eigenvalue weighted by atomic mass is 19.4. The number of aromatic nitrogens is 2. The van der Waals surface area contributed by atoms with Crippen molar-refractivity contribution >= 4 is 5.97 Å². The van der Waals surface area contributed by atoms with E-state index < -0.39 is 23.3 Å². The van der Waals surface area contributed by atoms with Crippen LogP contribution in [-0.2, 0) is 22.3 Å². The van der Waals surface area contributed by atoms with Crippen LogP contribution in [-0.4, -0.2) is 28.1 Å². The number of alkyl halides is 3. The molecule has 1 aromatic heterocycles. The number of benzene rings is 2. The third-order valence-corrected chi connectivity index (χ3v) is 5.69. The lowest BCUT2D eigenvalue weighted by Gasteiger charge is -2.24. The van der Waals surface area contributed by atoms with Crippen LogP contribution in [0.25, 0.3) is 11.4 Å². The summed E-state index contributed by atoms with van der Waals surface area (Å²) in [6.45, 7) is 5.54. The monoisotopic (exact) mass is 500 g/mol. The summed E-state index contributed by atoms with van der Waals surface area (Å²) >= 11 is 0. The molecule has 1 aliphatic carbocycles. The number of carbonyl (C=O) groups is 1. The van der Waals surface area contributed by atoms with Gasteiger partial charge < -0.3 is 14.2 Å². The van der Waals surface area contributed by atoms with Gasteiger partial charge in [0.15, 0.2) is 11.4 Å². The van der Waals surface area contributed by atoms with Crippen molar-refractivity contribution in [3.63, 3.8) is 0 Å². The molecular formula is C27H27F3N2O4. The van der Waals surface area contributed by atoms with Gasteiger partial charge in [-0.15, -0.1) is 0 Å². The lowest BCUT2D eigenvalue weighted by molar-refractivity contribution is -0.158. The predicted octanol–water partition coefficient (Wildman–Crippen LogP) is 6.34. The number of ether oxygens (including phenoxy) is 3. The Bertz CT molecular complexity index is 1210. The van der Waals surface area contributed by atoms with Crippen molar-refractivity contribution in [1.82, 2.24) is 9.97 Å². The van der Waals surface area contributed by atoms with Gasteiger partial charge in [-0.25, -0.2) is 14.8 Å². The number of carbonyl (C=O) groups excluding carboxylic acids is 1. The molecule has 0 saturated heterocycles. The predicted molar refractivity (Wildman–Crippen MR) is 127 cm³/mol. The van der Waals surface area contributed by atoms with Crippen LogP contribution >= 0.6 is 0 Å². The van der Waals surface area contributed by atoms with Crippen molar-refractivity contribution in [1.29, 1.82) is 0 Å². The zero-order chi connectivity index (χ0) is 25.9. The molecule has 0 aliphatic heterocycles. The van der Waals surface area contributed by atoms with Crippen LogP contribution in [0.4, 0.5) is 13.2 Å². The number of nitrogens with zero attached hydrogens (tertiary/aromatic N) is 2. The normalized spacial score (nSPS) is 13.8. The molecule has 1 aliphatic rings. The molecular weight excluding hydrogens is 473 g/mol. The standard InChI is InChI=1S/C27H27F3N2O4/c1-4-34-25(33)26(2,3)36-22-13-11-21(12-14-22)35-16-19-15-31-24(32-23(19)17-5-6-17)18-7-9-20(10-8-18)27(28,29)30/h7-15,17H,4-6,16H2,1-3H3. The quantitative estimate of drug-likeness (QED) is 0.320.